The molecule has 1 amide bonds. The molecular formula is C15H19N3O3. The summed E-state index contributed by atoms with van der Waals surface area (Å²) in [5.41, 5.74) is 1.66. The molecule has 3 rings (SSSR count). The summed E-state index contributed by atoms with van der Waals surface area (Å²) in [6.07, 6.45) is 5.58. The summed E-state index contributed by atoms with van der Waals surface area (Å²) >= 11 is 0. The molecule has 1 saturated carbocycles. The summed E-state index contributed by atoms with van der Waals surface area (Å²) in [7, 11) is 0. The van der Waals surface area contributed by atoms with Crippen molar-refractivity contribution in [2.45, 2.75) is 38.6 Å². The number of carbonyl (C=O) groups is 1. The van der Waals surface area contributed by atoms with Crippen LogP contribution in [0.4, 0.5) is 0 Å². The molecule has 2 unspecified atom stereocenters. The fourth-order valence-electron chi connectivity index (χ4n) is 2.94. The first-order valence-corrected chi connectivity index (χ1v) is 7.33. The smallest absolute Gasteiger partial charge is 0.257 e. The van der Waals surface area contributed by atoms with Crippen molar-refractivity contribution in [1.82, 2.24) is 15.5 Å². The molecule has 2 aromatic rings. The molecule has 0 saturated heterocycles. The zero-order valence-electron chi connectivity index (χ0n) is 12.0. The van der Waals surface area contributed by atoms with Gasteiger partial charge in [-0.05, 0) is 25.8 Å². The van der Waals surface area contributed by atoms with Crippen LogP contribution in [0, 0.1) is 12.8 Å². The van der Waals surface area contributed by atoms with Crippen LogP contribution in [0.25, 0.3) is 11.1 Å². The van der Waals surface area contributed by atoms with E-state index in [0.29, 0.717) is 11.3 Å². The third-order valence-electron chi connectivity index (χ3n) is 4.23. The standard InChI is InChI=1S/C15H19N3O3/c1-9-12-6-11(7-16-15(12)21-18-9)14(20)17-13-5-3-2-4-10(13)8-19/h6-7,10,13,19H,2-5,8H2,1H3,(H,17,20). The number of hydrogen-bond acceptors (Lipinski definition) is 5. The van der Waals surface area contributed by atoms with Gasteiger partial charge in [-0.3, -0.25) is 4.79 Å². The van der Waals surface area contributed by atoms with Gasteiger partial charge in [0.1, 0.15) is 0 Å². The first-order chi connectivity index (χ1) is 10.2. The topological polar surface area (TPSA) is 88.2 Å². The Bertz CT molecular complexity index is 653. The van der Waals surface area contributed by atoms with Crippen molar-refractivity contribution in [2.24, 2.45) is 5.92 Å². The maximum atomic E-state index is 12.4. The van der Waals surface area contributed by atoms with Crippen molar-refractivity contribution in [3.8, 4) is 0 Å². The monoisotopic (exact) mass is 289 g/mol. The second kappa shape index (κ2) is 5.81. The van der Waals surface area contributed by atoms with E-state index in [0.717, 1.165) is 36.8 Å². The highest BCUT2D eigenvalue weighted by Gasteiger charge is 2.26. The van der Waals surface area contributed by atoms with Crippen molar-refractivity contribution in [3.63, 3.8) is 0 Å². The highest BCUT2D eigenvalue weighted by molar-refractivity contribution is 5.97. The average molecular weight is 289 g/mol. The van der Waals surface area contributed by atoms with Crippen LogP contribution in [-0.2, 0) is 0 Å². The van der Waals surface area contributed by atoms with Crippen LogP contribution < -0.4 is 5.32 Å². The van der Waals surface area contributed by atoms with E-state index < -0.39 is 0 Å². The number of pyridine rings is 1. The summed E-state index contributed by atoms with van der Waals surface area (Å²) < 4.78 is 5.04. The second-order valence-corrected chi connectivity index (χ2v) is 5.65. The number of nitrogens with one attached hydrogen (secondary N) is 1. The number of fused-ring (bicyclic) bond motifs is 1. The van der Waals surface area contributed by atoms with Crippen LogP contribution >= 0.6 is 0 Å². The van der Waals surface area contributed by atoms with Gasteiger partial charge in [-0.15, -0.1) is 0 Å². The molecule has 1 aliphatic rings. The molecule has 6 heteroatoms. The summed E-state index contributed by atoms with van der Waals surface area (Å²) in [6.45, 7) is 1.94. The Morgan fingerprint density at radius 3 is 3.10 bits per heavy atom. The summed E-state index contributed by atoms with van der Waals surface area (Å²) in [4.78, 5) is 16.5. The Hall–Kier alpha value is -1.95. The molecule has 0 radical (unpaired) electrons. The largest absolute Gasteiger partial charge is 0.396 e. The Morgan fingerprint density at radius 1 is 1.48 bits per heavy atom. The van der Waals surface area contributed by atoms with E-state index in [-0.39, 0.29) is 24.5 Å². The van der Waals surface area contributed by atoms with Gasteiger partial charge in [0.25, 0.3) is 11.6 Å². The minimum Gasteiger partial charge on any atom is -0.396 e. The maximum Gasteiger partial charge on any atom is 0.257 e. The predicted octanol–water partition coefficient (Wildman–Crippen LogP) is 1.81. The maximum absolute atomic E-state index is 12.4. The number of aliphatic hydroxyl groups is 1. The zero-order chi connectivity index (χ0) is 14.8. The fraction of sp³-hybridized carbons (Fsp3) is 0.533. The number of hydrogen-bond donors (Lipinski definition) is 2. The lowest BCUT2D eigenvalue weighted by molar-refractivity contribution is 0.0872. The molecular weight excluding hydrogens is 270 g/mol. The first kappa shape index (κ1) is 14.0. The molecule has 6 nitrogen and oxygen atoms in total. The van der Waals surface area contributed by atoms with Crippen LogP contribution in [0.2, 0.25) is 0 Å². The highest BCUT2D eigenvalue weighted by Crippen LogP contribution is 2.24. The van der Waals surface area contributed by atoms with Crippen LogP contribution in [0.1, 0.15) is 41.7 Å². The van der Waals surface area contributed by atoms with Crippen LogP contribution in [-0.4, -0.2) is 33.8 Å². The summed E-state index contributed by atoms with van der Waals surface area (Å²) in [5, 5.41) is 17.0. The molecule has 2 atom stereocenters. The van der Waals surface area contributed by atoms with Crippen molar-refractivity contribution in [3.05, 3.63) is 23.5 Å². The van der Waals surface area contributed by atoms with E-state index in [1.807, 2.05) is 6.92 Å². The number of carbonyl (C=O) groups excluding carboxylic acids is 1. The molecule has 0 aromatic carbocycles. The lowest BCUT2D eigenvalue weighted by Gasteiger charge is -2.30. The number of aliphatic hydroxyl groups excluding tert-OH is 1. The van der Waals surface area contributed by atoms with Gasteiger partial charge in [0.2, 0.25) is 0 Å². The number of nitrogens with zero attached hydrogens (tertiary/aromatic N) is 2. The number of rotatable bonds is 3. The lowest BCUT2D eigenvalue weighted by Crippen LogP contribution is -2.43. The molecule has 112 valence electrons. The molecule has 1 aliphatic carbocycles. The molecule has 0 aliphatic heterocycles. The fourth-order valence-corrected chi connectivity index (χ4v) is 2.94. The zero-order valence-corrected chi connectivity index (χ0v) is 12.0. The molecule has 1 fully saturated rings. The van der Waals surface area contributed by atoms with E-state index in [1.165, 1.54) is 6.20 Å². The van der Waals surface area contributed by atoms with Gasteiger partial charge in [-0.25, -0.2) is 4.98 Å². The number of amides is 1. The van der Waals surface area contributed by atoms with Crippen molar-refractivity contribution in [2.75, 3.05) is 6.61 Å². The van der Waals surface area contributed by atoms with Gasteiger partial charge < -0.3 is 14.9 Å². The van der Waals surface area contributed by atoms with E-state index in [9.17, 15) is 9.90 Å². The lowest BCUT2D eigenvalue weighted by atomic mass is 9.85. The van der Waals surface area contributed by atoms with Crippen molar-refractivity contribution in [1.29, 1.82) is 0 Å². The Labute approximate surface area is 122 Å². The molecule has 21 heavy (non-hydrogen) atoms. The minimum atomic E-state index is -0.157. The van der Waals surface area contributed by atoms with E-state index in [2.05, 4.69) is 15.5 Å². The van der Waals surface area contributed by atoms with Gasteiger partial charge in [-0.1, -0.05) is 18.0 Å². The second-order valence-electron chi connectivity index (χ2n) is 5.65. The van der Waals surface area contributed by atoms with E-state index in [1.54, 1.807) is 6.07 Å². The Balaban J connectivity index is 1.78. The van der Waals surface area contributed by atoms with E-state index in [4.69, 9.17) is 4.52 Å². The average Bonchev–Trinajstić information content (AvgIpc) is 2.88. The normalized spacial score (nSPS) is 22.4. The van der Waals surface area contributed by atoms with Gasteiger partial charge in [0.05, 0.1) is 16.6 Å². The third-order valence-corrected chi connectivity index (χ3v) is 4.23. The van der Waals surface area contributed by atoms with Gasteiger partial charge >= 0.3 is 0 Å². The Morgan fingerprint density at radius 2 is 2.29 bits per heavy atom. The summed E-state index contributed by atoms with van der Waals surface area (Å²) in [6, 6.07) is 1.79. The molecule has 2 heterocycles. The predicted molar refractivity (Wildman–Crippen MR) is 76.8 cm³/mol. The van der Waals surface area contributed by atoms with Gasteiger partial charge in [0.15, 0.2) is 0 Å². The third kappa shape index (κ3) is 2.76. The molecule has 0 spiro atoms. The van der Waals surface area contributed by atoms with Crippen molar-refractivity contribution >= 4 is 17.0 Å². The van der Waals surface area contributed by atoms with Crippen LogP contribution in [0.15, 0.2) is 16.8 Å². The quantitative estimate of drug-likeness (QED) is 0.899. The molecule has 2 N–H and O–H groups in total. The number of aryl methyl sites for hydroxylation is 1. The Kier molecular flexibility index (Phi) is 3.88. The molecule has 2 aromatic heterocycles. The SMILES string of the molecule is Cc1noc2ncc(C(=O)NC3CCCCC3CO)cc12. The minimum absolute atomic E-state index is 0.0375. The van der Waals surface area contributed by atoms with E-state index >= 15 is 0 Å². The van der Waals surface area contributed by atoms with Crippen molar-refractivity contribution < 1.29 is 14.4 Å². The highest BCUT2D eigenvalue weighted by atomic mass is 16.5. The number of aromatic nitrogens is 2. The van der Waals surface area contributed by atoms with Crippen LogP contribution in [0.5, 0.6) is 0 Å². The molecule has 0 bridgehead atoms. The van der Waals surface area contributed by atoms with Crippen LogP contribution in [0.3, 0.4) is 0 Å². The van der Waals surface area contributed by atoms with Gasteiger partial charge in [-0.2, -0.15) is 0 Å². The first-order valence-electron chi connectivity index (χ1n) is 7.33. The van der Waals surface area contributed by atoms with Gasteiger partial charge in [0, 0.05) is 24.8 Å². The summed E-state index contributed by atoms with van der Waals surface area (Å²) in [5.74, 6) is -0.00734.